The molecule has 1 aliphatic rings. The molecule has 0 radical (unpaired) electrons. The standard InChI is InChI=1S/C6H10Br3ClNO3P/c7-6(8,9)3-5-4-14-2-1-11(5)15(10,12)13/h5H,1-4H2,(H,12,13). The molecule has 2 atom stereocenters. The Balaban J connectivity index is 2.71. The van der Waals surface area contributed by atoms with Gasteiger partial charge in [-0.05, 0) is 11.2 Å². The maximum absolute atomic E-state index is 11.4. The van der Waals surface area contributed by atoms with Gasteiger partial charge in [0, 0.05) is 19.0 Å². The van der Waals surface area contributed by atoms with Crippen molar-refractivity contribution < 1.29 is 14.2 Å². The molecule has 1 fully saturated rings. The van der Waals surface area contributed by atoms with Gasteiger partial charge in [0.2, 0.25) is 0 Å². The summed E-state index contributed by atoms with van der Waals surface area (Å²) in [5, 5.41) is 0. The Labute approximate surface area is 118 Å². The van der Waals surface area contributed by atoms with Gasteiger partial charge in [-0.15, -0.1) is 0 Å². The van der Waals surface area contributed by atoms with Crippen molar-refractivity contribution in [2.75, 3.05) is 19.8 Å². The van der Waals surface area contributed by atoms with Crippen LogP contribution in [0, 0.1) is 0 Å². The van der Waals surface area contributed by atoms with E-state index in [1.807, 2.05) is 0 Å². The molecule has 1 N–H and O–H groups in total. The largest absolute Gasteiger partial charge is 0.378 e. The minimum Gasteiger partial charge on any atom is -0.378 e. The molecule has 0 saturated carbocycles. The van der Waals surface area contributed by atoms with Crippen LogP contribution in [-0.2, 0) is 9.30 Å². The fraction of sp³-hybridized carbons (Fsp3) is 1.00. The van der Waals surface area contributed by atoms with Crippen molar-refractivity contribution in [1.82, 2.24) is 4.67 Å². The molecule has 90 valence electrons. The third kappa shape index (κ3) is 5.34. The highest BCUT2D eigenvalue weighted by atomic mass is 80.0. The minimum atomic E-state index is -3.72. The molecule has 0 amide bonds. The molecular weight excluding hydrogens is 440 g/mol. The summed E-state index contributed by atoms with van der Waals surface area (Å²) in [6.07, 6.45) is 0.546. The van der Waals surface area contributed by atoms with Gasteiger partial charge in [0.1, 0.15) is 2.14 Å². The predicted molar refractivity (Wildman–Crippen MR) is 71.1 cm³/mol. The Morgan fingerprint density at radius 3 is 2.67 bits per heavy atom. The van der Waals surface area contributed by atoms with Gasteiger partial charge in [0.05, 0.1) is 13.2 Å². The molecular formula is C6H10Br3ClNO3P. The lowest BCUT2D eigenvalue weighted by molar-refractivity contribution is 0.0269. The van der Waals surface area contributed by atoms with Crippen LogP contribution in [0.2, 0.25) is 0 Å². The molecule has 0 spiro atoms. The van der Waals surface area contributed by atoms with Crippen LogP contribution in [0.15, 0.2) is 0 Å². The zero-order valence-corrected chi connectivity index (χ0v) is 14.0. The molecule has 1 aliphatic heterocycles. The van der Waals surface area contributed by atoms with E-state index in [1.165, 1.54) is 4.67 Å². The molecule has 0 aromatic heterocycles. The average Bonchev–Trinajstić information content (AvgIpc) is 1.99. The number of ether oxygens (including phenoxy) is 1. The van der Waals surface area contributed by atoms with Crippen molar-refractivity contribution in [3.05, 3.63) is 0 Å². The van der Waals surface area contributed by atoms with Crippen molar-refractivity contribution in [3.63, 3.8) is 0 Å². The zero-order valence-electron chi connectivity index (χ0n) is 7.58. The summed E-state index contributed by atoms with van der Waals surface area (Å²) in [5.41, 5.74) is 0. The lowest BCUT2D eigenvalue weighted by atomic mass is 10.2. The van der Waals surface area contributed by atoms with Crippen LogP contribution in [0.5, 0.6) is 0 Å². The maximum Gasteiger partial charge on any atom is 0.360 e. The van der Waals surface area contributed by atoms with E-state index in [9.17, 15) is 9.46 Å². The molecule has 2 unspecified atom stereocenters. The lowest BCUT2D eigenvalue weighted by Gasteiger charge is -2.36. The quantitative estimate of drug-likeness (QED) is 0.519. The van der Waals surface area contributed by atoms with Crippen LogP contribution >= 0.6 is 65.9 Å². The van der Waals surface area contributed by atoms with E-state index in [4.69, 9.17) is 16.0 Å². The summed E-state index contributed by atoms with van der Waals surface area (Å²) in [4.78, 5) is 9.36. The van der Waals surface area contributed by atoms with Crippen molar-refractivity contribution in [3.8, 4) is 0 Å². The van der Waals surface area contributed by atoms with E-state index in [0.717, 1.165) is 0 Å². The van der Waals surface area contributed by atoms with Crippen molar-refractivity contribution in [2.24, 2.45) is 0 Å². The van der Waals surface area contributed by atoms with Gasteiger partial charge in [0.15, 0.2) is 0 Å². The summed E-state index contributed by atoms with van der Waals surface area (Å²) in [6.45, 7) is -2.54. The second-order valence-corrected chi connectivity index (χ2v) is 13.2. The van der Waals surface area contributed by atoms with Crippen LogP contribution in [0.25, 0.3) is 0 Å². The van der Waals surface area contributed by atoms with Gasteiger partial charge >= 0.3 is 6.87 Å². The monoisotopic (exact) mass is 447 g/mol. The highest BCUT2D eigenvalue weighted by molar-refractivity contribution is 9.39. The Morgan fingerprint density at radius 1 is 1.60 bits per heavy atom. The predicted octanol–water partition coefficient (Wildman–Crippen LogP) is 3.26. The lowest BCUT2D eigenvalue weighted by Crippen LogP contribution is -2.44. The summed E-state index contributed by atoms with van der Waals surface area (Å²) >= 11 is 15.5. The summed E-state index contributed by atoms with van der Waals surface area (Å²) in [5.74, 6) is 0. The molecule has 1 rings (SSSR count). The number of morpholine rings is 1. The molecule has 1 saturated heterocycles. The van der Waals surface area contributed by atoms with Crippen molar-refractivity contribution >= 4 is 65.9 Å². The Hall–Kier alpha value is 1.84. The normalized spacial score (nSPS) is 28.7. The highest BCUT2D eigenvalue weighted by Gasteiger charge is 2.38. The fourth-order valence-corrected chi connectivity index (χ4v) is 4.00. The number of alkyl halides is 3. The van der Waals surface area contributed by atoms with Crippen LogP contribution < -0.4 is 0 Å². The molecule has 0 aliphatic carbocycles. The van der Waals surface area contributed by atoms with Crippen molar-refractivity contribution in [2.45, 2.75) is 14.6 Å². The van der Waals surface area contributed by atoms with Crippen LogP contribution in [0.4, 0.5) is 0 Å². The summed E-state index contributed by atoms with van der Waals surface area (Å²) in [6, 6.07) is -0.204. The average molecular weight is 450 g/mol. The van der Waals surface area contributed by atoms with Crippen LogP contribution in [0.3, 0.4) is 0 Å². The third-order valence-corrected chi connectivity index (χ3v) is 4.69. The highest BCUT2D eigenvalue weighted by Crippen LogP contribution is 2.54. The Bertz CT molecular complexity index is 269. The van der Waals surface area contributed by atoms with Crippen molar-refractivity contribution in [1.29, 1.82) is 0 Å². The van der Waals surface area contributed by atoms with Gasteiger partial charge < -0.3 is 9.63 Å². The number of rotatable bonds is 2. The second-order valence-electron chi connectivity index (χ2n) is 3.18. The van der Waals surface area contributed by atoms with Crippen LogP contribution in [-0.4, -0.2) is 37.5 Å². The summed E-state index contributed by atoms with van der Waals surface area (Å²) < 4.78 is 17.6. The number of nitrogens with zero attached hydrogens (tertiary/aromatic N) is 1. The Morgan fingerprint density at radius 2 is 2.20 bits per heavy atom. The first kappa shape index (κ1) is 14.9. The number of hydrogen-bond donors (Lipinski definition) is 1. The van der Waals surface area contributed by atoms with Crippen LogP contribution in [0.1, 0.15) is 6.42 Å². The second kappa shape index (κ2) is 5.65. The van der Waals surface area contributed by atoms with E-state index >= 15 is 0 Å². The minimum absolute atomic E-state index is 0.204. The third-order valence-electron chi connectivity index (χ3n) is 1.98. The van der Waals surface area contributed by atoms with Gasteiger partial charge in [-0.1, -0.05) is 47.8 Å². The van der Waals surface area contributed by atoms with E-state index in [1.54, 1.807) is 0 Å². The molecule has 0 aromatic carbocycles. The van der Waals surface area contributed by atoms with E-state index in [0.29, 0.717) is 26.2 Å². The van der Waals surface area contributed by atoms with E-state index in [2.05, 4.69) is 47.8 Å². The molecule has 9 heteroatoms. The van der Waals surface area contributed by atoms with E-state index in [-0.39, 0.29) is 6.04 Å². The van der Waals surface area contributed by atoms with E-state index < -0.39 is 9.02 Å². The fourth-order valence-electron chi connectivity index (χ4n) is 1.40. The first-order valence-electron chi connectivity index (χ1n) is 4.14. The SMILES string of the molecule is O=P(O)(Cl)N1CCOCC1CC(Br)(Br)Br. The number of halogens is 4. The maximum atomic E-state index is 11.4. The van der Waals surface area contributed by atoms with Gasteiger partial charge in [-0.25, -0.2) is 4.67 Å². The first-order chi connectivity index (χ1) is 6.70. The zero-order chi connectivity index (χ0) is 11.7. The summed E-state index contributed by atoms with van der Waals surface area (Å²) in [7, 11) is 0. The molecule has 15 heavy (non-hydrogen) atoms. The van der Waals surface area contributed by atoms with Gasteiger partial charge in [-0.3, -0.25) is 4.57 Å². The topological polar surface area (TPSA) is 49.8 Å². The first-order valence-corrected chi connectivity index (χ1v) is 9.04. The van der Waals surface area contributed by atoms with Gasteiger partial charge in [0.25, 0.3) is 0 Å². The molecule has 1 heterocycles. The molecule has 0 aromatic rings. The Kier molecular flexibility index (Phi) is 5.62. The van der Waals surface area contributed by atoms with Gasteiger partial charge in [-0.2, -0.15) is 0 Å². The molecule has 4 nitrogen and oxygen atoms in total. The smallest absolute Gasteiger partial charge is 0.360 e. The number of hydrogen-bond acceptors (Lipinski definition) is 2. The molecule has 0 bridgehead atoms.